The van der Waals surface area contributed by atoms with Crippen LogP contribution in [-0.2, 0) is 14.6 Å². The number of hydrogen-bond donors (Lipinski definition) is 1. The molecule has 1 atom stereocenters. The Balaban J connectivity index is 1.91. The van der Waals surface area contributed by atoms with Crippen LogP contribution in [0.4, 0.5) is 0 Å². The topological polar surface area (TPSA) is 63.2 Å². The lowest BCUT2D eigenvalue weighted by Crippen LogP contribution is -2.70. The molecular formula is C14H17NO3S. The molecule has 2 aliphatic rings. The van der Waals surface area contributed by atoms with Crippen molar-refractivity contribution < 1.29 is 13.2 Å². The normalized spacial score (nSPS) is 33.5. The molecule has 4 nitrogen and oxygen atoms in total. The van der Waals surface area contributed by atoms with E-state index in [1.165, 1.54) is 0 Å². The smallest absolute Gasteiger partial charge is 0.195 e. The van der Waals surface area contributed by atoms with Crippen LogP contribution < -0.4 is 5.32 Å². The first kappa shape index (κ1) is 12.8. The molecule has 1 saturated carbocycles. The summed E-state index contributed by atoms with van der Waals surface area (Å²) in [7, 11) is -3.36. The monoisotopic (exact) mass is 279 g/mol. The zero-order chi connectivity index (χ0) is 13.7. The molecule has 3 rings (SSSR count). The maximum atomic E-state index is 12.7. The molecule has 1 aromatic carbocycles. The van der Waals surface area contributed by atoms with Gasteiger partial charge in [-0.2, -0.15) is 0 Å². The average Bonchev–Trinajstić information content (AvgIpc) is 2.26. The molecule has 5 heteroatoms. The van der Waals surface area contributed by atoms with Crippen LogP contribution in [0.1, 0.15) is 18.4 Å². The molecule has 0 bridgehead atoms. The van der Waals surface area contributed by atoms with E-state index >= 15 is 0 Å². The number of sulfone groups is 1. The fourth-order valence-electron chi connectivity index (χ4n) is 3.35. The Labute approximate surface area is 113 Å². The van der Waals surface area contributed by atoms with Crippen LogP contribution in [0.2, 0.25) is 0 Å². The molecule has 102 valence electrons. The zero-order valence-corrected chi connectivity index (χ0v) is 11.6. The number of benzene rings is 1. The van der Waals surface area contributed by atoms with Gasteiger partial charge in [0.15, 0.2) is 9.84 Å². The summed E-state index contributed by atoms with van der Waals surface area (Å²) in [5.41, 5.74) is 0.560. The van der Waals surface area contributed by atoms with Crippen molar-refractivity contribution in [2.24, 2.45) is 11.3 Å². The van der Waals surface area contributed by atoms with Gasteiger partial charge in [-0.25, -0.2) is 8.42 Å². The Morgan fingerprint density at radius 2 is 2.00 bits per heavy atom. The summed E-state index contributed by atoms with van der Waals surface area (Å²) in [6.07, 6.45) is 2.33. The lowest BCUT2D eigenvalue weighted by Gasteiger charge is -2.57. The maximum absolute atomic E-state index is 12.7. The van der Waals surface area contributed by atoms with E-state index in [2.05, 4.69) is 5.32 Å². The number of aryl methyl sites for hydroxylation is 1. The highest BCUT2D eigenvalue weighted by Gasteiger charge is 2.60. The Hall–Kier alpha value is -1.20. The van der Waals surface area contributed by atoms with Crippen molar-refractivity contribution in [1.29, 1.82) is 0 Å². The fourth-order valence-corrected chi connectivity index (χ4v) is 5.63. The highest BCUT2D eigenvalue weighted by molar-refractivity contribution is 7.92. The van der Waals surface area contributed by atoms with Gasteiger partial charge in [0.05, 0.1) is 4.90 Å². The second-order valence-corrected chi connectivity index (χ2v) is 7.74. The van der Waals surface area contributed by atoms with E-state index in [-0.39, 0.29) is 11.3 Å². The van der Waals surface area contributed by atoms with E-state index in [1.54, 1.807) is 12.1 Å². The minimum atomic E-state index is -3.36. The highest BCUT2D eigenvalue weighted by Crippen LogP contribution is 2.53. The third-order valence-electron chi connectivity index (χ3n) is 4.44. The molecule has 1 unspecified atom stereocenters. The van der Waals surface area contributed by atoms with Crippen molar-refractivity contribution in [3.8, 4) is 0 Å². The molecule has 19 heavy (non-hydrogen) atoms. The zero-order valence-electron chi connectivity index (χ0n) is 10.8. The largest absolute Gasteiger partial charge is 0.303 e. The second-order valence-electron chi connectivity index (χ2n) is 5.74. The molecule has 1 N–H and O–H groups in total. The van der Waals surface area contributed by atoms with Gasteiger partial charge in [0.2, 0.25) is 0 Å². The van der Waals surface area contributed by atoms with Crippen LogP contribution in [0, 0.1) is 18.3 Å². The van der Waals surface area contributed by atoms with Gasteiger partial charge >= 0.3 is 0 Å². The first-order valence-electron chi connectivity index (χ1n) is 6.48. The van der Waals surface area contributed by atoms with Crippen LogP contribution in [0.5, 0.6) is 0 Å². The molecular weight excluding hydrogens is 262 g/mol. The summed E-state index contributed by atoms with van der Waals surface area (Å²) >= 11 is 0. The van der Waals surface area contributed by atoms with E-state index in [1.807, 2.05) is 19.1 Å². The summed E-state index contributed by atoms with van der Waals surface area (Å²) in [6, 6.07) is 7.06. The Morgan fingerprint density at radius 1 is 1.32 bits per heavy atom. The molecule has 1 aliphatic heterocycles. The van der Waals surface area contributed by atoms with Gasteiger partial charge in [0, 0.05) is 17.9 Å². The van der Waals surface area contributed by atoms with Gasteiger partial charge in [-0.05, 0) is 31.4 Å². The number of carbonyl (C=O) groups is 1. The number of hydrogen-bond acceptors (Lipinski definition) is 4. The molecule has 2 fully saturated rings. The summed E-state index contributed by atoms with van der Waals surface area (Å²) in [5, 5.41) is 2.51. The van der Waals surface area contributed by atoms with E-state index in [0.29, 0.717) is 24.3 Å². The van der Waals surface area contributed by atoms with Crippen LogP contribution in [0.25, 0.3) is 0 Å². The molecule has 1 aliphatic carbocycles. The molecule has 0 amide bonds. The van der Waals surface area contributed by atoms with Crippen LogP contribution in [0.15, 0.2) is 29.2 Å². The predicted octanol–water partition coefficient (Wildman–Crippen LogP) is 1.29. The predicted molar refractivity (Wildman–Crippen MR) is 71.4 cm³/mol. The summed E-state index contributed by atoms with van der Waals surface area (Å²) < 4.78 is 25.4. The average molecular weight is 279 g/mol. The van der Waals surface area contributed by atoms with E-state index in [0.717, 1.165) is 11.8 Å². The summed E-state index contributed by atoms with van der Waals surface area (Å²) in [4.78, 5) is 11.1. The van der Waals surface area contributed by atoms with Crippen LogP contribution in [-0.4, -0.2) is 26.6 Å². The third kappa shape index (κ3) is 1.75. The standard InChI is InChI=1S/C14H17NO3S/c1-10-4-2-3-5-12(10)19(17,18)13-14(9-15-13)6-11(7-14)8-16/h2-5,8,11,13,15H,6-7,9H2,1H3. The van der Waals surface area contributed by atoms with Crippen molar-refractivity contribution in [2.45, 2.75) is 30.0 Å². The quantitative estimate of drug-likeness (QED) is 0.847. The lowest BCUT2D eigenvalue weighted by molar-refractivity contribution is -0.121. The van der Waals surface area contributed by atoms with Crippen LogP contribution in [0.3, 0.4) is 0 Å². The van der Waals surface area contributed by atoms with Gasteiger partial charge in [-0.15, -0.1) is 0 Å². The van der Waals surface area contributed by atoms with Crippen molar-refractivity contribution in [3.63, 3.8) is 0 Å². The minimum Gasteiger partial charge on any atom is -0.303 e. The molecule has 0 aromatic heterocycles. The van der Waals surface area contributed by atoms with Gasteiger partial charge in [0.1, 0.15) is 11.7 Å². The maximum Gasteiger partial charge on any atom is 0.195 e. The van der Waals surface area contributed by atoms with Crippen molar-refractivity contribution in [1.82, 2.24) is 5.32 Å². The van der Waals surface area contributed by atoms with Gasteiger partial charge < -0.3 is 4.79 Å². The minimum absolute atomic E-state index is 0.0386. The number of carbonyl (C=O) groups excluding carboxylic acids is 1. The van der Waals surface area contributed by atoms with Crippen LogP contribution >= 0.6 is 0 Å². The number of aldehydes is 1. The van der Waals surface area contributed by atoms with Crippen molar-refractivity contribution in [3.05, 3.63) is 29.8 Å². The van der Waals surface area contributed by atoms with Gasteiger partial charge in [0.25, 0.3) is 0 Å². The highest BCUT2D eigenvalue weighted by atomic mass is 32.2. The Kier molecular flexibility index (Phi) is 2.80. The Morgan fingerprint density at radius 3 is 2.53 bits per heavy atom. The molecule has 0 radical (unpaired) electrons. The van der Waals surface area contributed by atoms with E-state index < -0.39 is 15.2 Å². The van der Waals surface area contributed by atoms with E-state index in [4.69, 9.17) is 0 Å². The summed E-state index contributed by atoms with van der Waals surface area (Å²) in [5.74, 6) is 0.0386. The number of nitrogens with one attached hydrogen (secondary N) is 1. The molecule has 1 saturated heterocycles. The lowest BCUT2D eigenvalue weighted by atomic mass is 9.59. The van der Waals surface area contributed by atoms with Crippen molar-refractivity contribution in [2.75, 3.05) is 6.54 Å². The second kappa shape index (κ2) is 4.15. The third-order valence-corrected chi connectivity index (χ3v) is 6.79. The SMILES string of the molecule is Cc1ccccc1S(=O)(=O)C1NCC12CC(C=O)C2. The molecule has 1 heterocycles. The Bertz CT molecular complexity index is 617. The van der Waals surface area contributed by atoms with Crippen molar-refractivity contribution >= 4 is 16.1 Å². The van der Waals surface area contributed by atoms with Gasteiger partial charge in [-0.1, -0.05) is 18.2 Å². The fraction of sp³-hybridized carbons (Fsp3) is 0.500. The summed E-state index contributed by atoms with van der Waals surface area (Å²) in [6.45, 7) is 2.51. The first-order chi connectivity index (χ1) is 8.99. The molecule has 1 aromatic rings. The molecule has 1 spiro atoms. The number of rotatable bonds is 3. The first-order valence-corrected chi connectivity index (χ1v) is 8.02. The van der Waals surface area contributed by atoms with E-state index in [9.17, 15) is 13.2 Å². The van der Waals surface area contributed by atoms with Gasteiger partial charge in [-0.3, -0.25) is 5.32 Å².